The Balaban J connectivity index is 2.11. The van der Waals surface area contributed by atoms with Crippen molar-refractivity contribution in [2.45, 2.75) is 6.54 Å². The molecule has 0 spiro atoms. The summed E-state index contributed by atoms with van der Waals surface area (Å²) in [6, 6.07) is 7.34. The minimum absolute atomic E-state index is 0.0777. The van der Waals surface area contributed by atoms with Crippen LogP contribution in [0.4, 0.5) is 0 Å². The first-order valence-electron chi connectivity index (χ1n) is 6.04. The lowest BCUT2D eigenvalue weighted by Gasteiger charge is -2.07. The molecule has 0 radical (unpaired) electrons. The van der Waals surface area contributed by atoms with Gasteiger partial charge in [0.1, 0.15) is 12.8 Å². The van der Waals surface area contributed by atoms with Crippen LogP contribution in [-0.4, -0.2) is 37.0 Å². The van der Waals surface area contributed by atoms with Gasteiger partial charge >= 0.3 is 0 Å². The van der Waals surface area contributed by atoms with E-state index in [0.29, 0.717) is 18.7 Å². The van der Waals surface area contributed by atoms with Crippen LogP contribution in [0.3, 0.4) is 0 Å². The van der Waals surface area contributed by atoms with Gasteiger partial charge in [0.05, 0.1) is 6.61 Å². The Hall–Kier alpha value is -2.14. The van der Waals surface area contributed by atoms with Gasteiger partial charge in [-0.15, -0.1) is 0 Å². The third-order valence-corrected chi connectivity index (χ3v) is 2.88. The molecule has 0 saturated carbocycles. The predicted octanol–water partition coefficient (Wildman–Crippen LogP) is 1.22. The van der Waals surface area contributed by atoms with Crippen molar-refractivity contribution >= 4 is 23.1 Å². The Morgan fingerprint density at radius 1 is 1.42 bits per heavy atom. The van der Waals surface area contributed by atoms with E-state index in [4.69, 9.17) is 4.74 Å². The van der Waals surface area contributed by atoms with E-state index in [1.54, 1.807) is 19.2 Å². The first-order chi connectivity index (χ1) is 9.24. The summed E-state index contributed by atoms with van der Waals surface area (Å²) < 4.78 is 6.69. The normalized spacial score (nSPS) is 10.6. The van der Waals surface area contributed by atoms with Gasteiger partial charge in [0, 0.05) is 30.9 Å². The molecule has 0 saturated heterocycles. The fourth-order valence-corrected chi connectivity index (χ4v) is 1.92. The van der Waals surface area contributed by atoms with Gasteiger partial charge in [-0.3, -0.25) is 9.59 Å². The largest absolute Gasteiger partial charge is 0.383 e. The van der Waals surface area contributed by atoms with E-state index in [2.05, 4.69) is 5.32 Å². The zero-order valence-corrected chi connectivity index (χ0v) is 10.8. The lowest BCUT2D eigenvalue weighted by molar-refractivity contribution is -0.121. The molecule has 19 heavy (non-hydrogen) atoms. The van der Waals surface area contributed by atoms with E-state index >= 15 is 0 Å². The third-order valence-electron chi connectivity index (χ3n) is 2.88. The molecule has 0 bridgehead atoms. The van der Waals surface area contributed by atoms with Crippen LogP contribution in [0.5, 0.6) is 0 Å². The van der Waals surface area contributed by atoms with Crippen LogP contribution in [-0.2, 0) is 16.1 Å². The molecule has 2 rings (SSSR count). The van der Waals surface area contributed by atoms with E-state index < -0.39 is 0 Å². The monoisotopic (exact) mass is 260 g/mol. The molecule has 0 atom stereocenters. The summed E-state index contributed by atoms with van der Waals surface area (Å²) in [5.41, 5.74) is 1.48. The lowest BCUT2D eigenvalue weighted by Crippen LogP contribution is -2.30. The van der Waals surface area contributed by atoms with Crippen LogP contribution in [0.25, 0.3) is 10.9 Å². The van der Waals surface area contributed by atoms with Crippen molar-refractivity contribution < 1.29 is 14.3 Å². The van der Waals surface area contributed by atoms with Crippen LogP contribution in [0.15, 0.2) is 30.5 Å². The van der Waals surface area contributed by atoms with Crippen molar-refractivity contribution in [1.82, 2.24) is 9.88 Å². The van der Waals surface area contributed by atoms with Crippen LogP contribution in [0.1, 0.15) is 10.4 Å². The molecular formula is C14H16N2O3. The van der Waals surface area contributed by atoms with Gasteiger partial charge in [0.25, 0.3) is 0 Å². The van der Waals surface area contributed by atoms with Crippen LogP contribution < -0.4 is 5.32 Å². The number of nitrogens with zero attached hydrogens (tertiary/aromatic N) is 1. The summed E-state index contributed by atoms with van der Waals surface area (Å²) in [7, 11) is 1.59. The fraction of sp³-hybridized carbons (Fsp3) is 0.286. The number of methoxy groups -OCH3 is 1. The molecular weight excluding hydrogens is 244 g/mol. The average Bonchev–Trinajstić information content (AvgIpc) is 2.81. The van der Waals surface area contributed by atoms with Gasteiger partial charge in [0.15, 0.2) is 0 Å². The highest BCUT2D eigenvalue weighted by molar-refractivity contribution is 5.88. The molecule has 0 aliphatic rings. The quantitative estimate of drug-likeness (QED) is 0.627. The van der Waals surface area contributed by atoms with E-state index in [0.717, 1.165) is 17.2 Å². The molecule has 1 amide bonds. The molecule has 5 heteroatoms. The maximum absolute atomic E-state index is 11.7. The average molecular weight is 260 g/mol. The highest BCUT2D eigenvalue weighted by Crippen LogP contribution is 2.16. The standard InChI is InChI=1S/C14H16N2O3/c1-19-7-5-15-14(18)9-16-6-4-12-3-2-11(10-17)8-13(12)16/h2-4,6,8,10H,5,7,9H2,1H3,(H,15,18). The molecule has 5 nitrogen and oxygen atoms in total. The van der Waals surface area contributed by atoms with Crippen molar-refractivity contribution in [3.63, 3.8) is 0 Å². The minimum atomic E-state index is -0.0777. The smallest absolute Gasteiger partial charge is 0.240 e. The number of rotatable bonds is 6. The summed E-state index contributed by atoms with van der Waals surface area (Å²) in [6.45, 7) is 1.22. The van der Waals surface area contributed by atoms with Crippen molar-refractivity contribution in [3.05, 3.63) is 36.0 Å². The third kappa shape index (κ3) is 3.20. The highest BCUT2D eigenvalue weighted by Gasteiger charge is 2.06. The molecule has 2 aromatic rings. The molecule has 0 fully saturated rings. The Labute approximate surface area is 111 Å². The summed E-state index contributed by atoms with van der Waals surface area (Å²) in [6.07, 6.45) is 2.64. The SMILES string of the molecule is COCCNC(=O)Cn1ccc2ccc(C=O)cc21. The topological polar surface area (TPSA) is 60.3 Å². The first kappa shape index (κ1) is 13.3. The number of benzene rings is 1. The number of fused-ring (bicyclic) bond motifs is 1. The summed E-state index contributed by atoms with van der Waals surface area (Å²) in [5, 5.41) is 3.77. The Kier molecular flexibility index (Phi) is 4.30. The van der Waals surface area contributed by atoms with Gasteiger partial charge in [-0.1, -0.05) is 12.1 Å². The molecule has 0 aliphatic heterocycles. The number of aldehydes is 1. The van der Waals surface area contributed by atoms with E-state index in [1.165, 1.54) is 0 Å². The predicted molar refractivity (Wildman–Crippen MR) is 72.2 cm³/mol. The first-order valence-corrected chi connectivity index (χ1v) is 6.04. The van der Waals surface area contributed by atoms with Crippen LogP contribution in [0.2, 0.25) is 0 Å². The van der Waals surface area contributed by atoms with Gasteiger partial charge in [0.2, 0.25) is 5.91 Å². The second-order valence-electron chi connectivity index (χ2n) is 4.22. The van der Waals surface area contributed by atoms with E-state index in [-0.39, 0.29) is 12.5 Å². The molecule has 100 valence electrons. The molecule has 0 aliphatic carbocycles. The summed E-state index contributed by atoms with van der Waals surface area (Å²) >= 11 is 0. The second kappa shape index (κ2) is 6.15. The Bertz CT molecular complexity index is 589. The zero-order chi connectivity index (χ0) is 13.7. The number of aromatic nitrogens is 1. The van der Waals surface area contributed by atoms with Gasteiger partial charge in [-0.2, -0.15) is 0 Å². The Morgan fingerprint density at radius 3 is 3.00 bits per heavy atom. The molecule has 1 N–H and O–H groups in total. The fourth-order valence-electron chi connectivity index (χ4n) is 1.92. The highest BCUT2D eigenvalue weighted by atomic mass is 16.5. The number of amides is 1. The maximum Gasteiger partial charge on any atom is 0.240 e. The lowest BCUT2D eigenvalue weighted by atomic mass is 10.2. The van der Waals surface area contributed by atoms with Crippen molar-refractivity contribution in [1.29, 1.82) is 0 Å². The molecule has 1 aromatic carbocycles. The number of nitrogens with one attached hydrogen (secondary N) is 1. The van der Waals surface area contributed by atoms with Crippen molar-refractivity contribution in [2.24, 2.45) is 0 Å². The molecule has 1 heterocycles. The number of hydrogen-bond acceptors (Lipinski definition) is 3. The van der Waals surface area contributed by atoms with Gasteiger partial charge in [-0.05, 0) is 17.5 Å². The summed E-state index contributed by atoms with van der Waals surface area (Å²) in [5.74, 6) is -0.0777. The van der Waals surface area contributed by atoms with Crippen LogP contribution in [0, 0.1) is 0 Å². The second-order valence-corrected chi connectivity index (χ2v) is 4.22. The maximum atomic E-state index is 11.7. The van der Waals surface area contributed by atoms with E-state index in [9.17, 15) is 9.59 Å². The van der Waals surface area contributed by atoms with Gasteiger partial charge < -0.3 is 14.6 Å². The van der Waals surface area contributed by atoms with Crippen LogP contribution >= 0.6 is 0 Å². The number of carbonyl (C=O) groups is 2. The summed E-state index contributed by atoms with van der Waals surface area (Å²) in [4.78, 5) is 22.5. The Morgan fingerprint density at radius 2 is 2.26 bits per heavy atom. The zero-order valence-electron chi connectivity index (χ0n) is 10.8. The molecule has 1 aromatic heterocycles. The van der Waals surface area contributed by atoms with Crippen molar-refractivity contribution in [3.8, 4) is 0 Å². The minimum Gasteiger partial charge on any atom is -0.383 e. The number of ether oxygens (including phenoxy) is 1. The van der Waals surface area contributed by atoms with Gasteiger partial charge in [-0.25, -0.2) is 0 Å². The van der Waals surface area contributed by atoms with E-state index in [1.807, 2.05) is 22.9 Å². The van der Waals surface area contributed by atoms with Crippen molar-refractivity contribution in [2.75, 3.05) is 20.3 Å². The number of hydrogen-bond donors (Lipinski definition) is 1. The molecule has 0 unspecified atom stereocenters. The number of carbonyl (C=O) groups excluding carboxylic acids is 2.